The van der Waals surface area contributed by atoms with E-state index in [1.807, 2.05) is 0 Å². The first-order chi connectivity index (χ1) is 13.3. The predicted octanol–water partition coefficient (Wildman–Crippen LogP) is 7.73. The number of benzene rings is 3. The molecule has 135 valence electrons. The average molecular weight is 472 g/mol. The van der Waals surface area contributed by atoms with Crippen LogP contribution in [0.2, 0.25) is 0 Å². The van der Waals surface area contributed by atoms with E-state index in [0.29, 0.717) is 0 Å². The van der Waals surface area contributed by atoms with Crippen molar-refractivity contribution in [1.29, 1.82) is 0 Å². The topological polar surface area (TPSA) is 0 Å². The number of fused-ring (bicyclic) bond motifs is 1. The molecule has 0 saturated heterocycles. The predicted molar refractivity (Wildman–Crippen MR) is 115 cm³/mol. The molecule has 0 bridgehead atoms. The van der Waals surface area contributed by atoms with Gasteiger partial charge in [0.05, 0.1) is 0 Å². The molecule has 0 fully saturated rings. The third-order valence-electron chi connectivity index (χ3n) is 5.52. The summed E-state index contributed by atoms with van der Waals surface area (Å²) in [5.41, 5.74) is 10.0. The van der Waals surface area contributed by atoms with Gasteiger partial charge in [-0.15, -0.1) is 0 Å². The Kier molecular flexibility index (Phi) is 6.22. The van der Waals surface area contributed by atoms with Gasteiger partial charge in [-0.05, 0) is 63.4 Å². The minimum atomic E-state index is -0.826. The second-order valence-electron chi connectivity index (χ2n) is 7.11. The standard InChI is InChI=1S/C24H21.2ClH.Zr/c1-2-5-16-14-19-7-4-8-20(23(19)15-16)21-13-12-18-11-10-17-6-3-9-22(21)24(17)18;;;/h3-4,6-9,12-15H,2,5,10-11H2,1H3;2*1H;/q;;;+2/p-2. The molecular formula is C24H21Cl2Zr. The summed E-state index contributed by atoms with van der Waals surface area (Å²) in [4.78, 5) is 0. The normalized spacial score (nSPS) is 13.8. The van der Waals surface area contributed by atoms with Gasteiger partial charge < -0.3 is 0 Å². The summed E-state index contributed by atoms with van der Waals surface area (Å²) in [5, 5.41) is 2.93. The monoisotopic (exact) mass is 469 g/mol. The first kappa shape index (κ1) is 19.4. The summed E-state index contributed by atoms with van der Waals surface area (Å²) in [6.07, 6.45) is 9.51. The molecule has 0 aromatic heterocycles. The Hall–Kier alpha value is -0.877. The zero-order valence-corrected chi connectivity index (χ0v) is 19.3. The zero-order valence-electron chi connectivity index (χ0n) is 15.4. The Labute approximate surface area is 180 Å². The molecule has 5 rings (SSSR count). The Morgan fingerprint density at radius 1 is 0.889 bits per heavy atom. The van der Waals surface area contributed by atoms with Crippen LogP contribution in [0.15, 0.2) is 54.1 Å². The molecular weight excluding hydrogens is 450 g/mol. The summed E-state index contributed by atoms with van der Waals surface area (Å²) in [6, 6.07) is 18.3. The fourth-order valence-electron chi connectivity index (χ4n) is 4.45. The first-order valence-corrected chi connectivity index (χ1v) is 15.8. The van der Waals surface area contributed by atoms with E-state index in [-0.39, 0.29) is 0 Å². The first-order valence-electron chi connectivity index (χ1n) is 9.45. The number of hydrogen-bond acceptors (Lipinski definition) is 0. The van der Waals surface area contributed by atoms with Gasteiger partial charge in [-0.3, -0.25) is 0 Å². The van der Waals surface area contributed by atoms with E-state index in [1.54, 1.807) is 0 Å². The van der Waals surface area contributed by atoms with E-state index in [1.165, 1.54) is 69.0 Å². The van der Waals surface area contributed by atoms with Crippen LogP contribution in [0, 0.1) is 6.42 Å². The molecule has 0 unspecified atom stereocenters. The molecule has 2 aliphatic rings. The summed E-state index contributed by atoms with van der Waals surface area (Å²) in [7, 11) is 9.87. The molecule has 0 amide bonds. The van der Waals surface area contributed by atoms with E-state index >= 15 is 0 Å². The van der Waals surface area contributed by atoms with Gasteiger partial charge in [-0.25, -0.2) is 0 Å². The van der Waals surface area contributed by atoms with Crippen molar-refractivity contribution in [3.63, 3.8) is 0 Å². The van der Waals surface area contributed by atoms with E-state index < -0.39 is 20.8 Å². The van der Waals surface area contributed by atoms with Gasteiger partial charge in [0.15, 0.2) is 0 Å². The number of aryl methyl sites for hydroxylation is 2. The Morgan fingerprint density at radius 3 is 2.41 bits per heavy atom. The molecule has 3 heteroatoms. The molecule has 0 N–H and O–H groups in total. The zero-order chi connectivity index (χ0) is 18.8. The van der Waals surface area contributed by atoms with Crippen molar-refractivity contribution < 1.29 is 20.8 Å². The number of rotatable bonds is 3. The van der Waals surface area contributed by atoms with Gasteiger partial charge in [0.1, 0.15) is 0 Å². The molecule has 0 nitrogen and oxygen atoms in total. The fourth-order valence-corrected chi connectivity index (χ4v) is 4.45. The second kappa shape index (κ2) is 8.65. The van der Waals surface area contributed by atoms with Gasteiger partial charge in [0.2, 0.25) is 0 Å². The van der Waals surface area contributed by atoms with E-state index in [0.717, 1.165) is 6.42 Å². The van der Waals surface area contributed by atoms with Crippen molar-refractivity contribution in [2.24, 2.45) is 0 Å². The van der Waals surface area contributed by atoms with E-state index in [9.17, 15) is 0 Å². The molecule has 0 aliphatic heterocycles. The molecule has 0 atom stereocenters. The van der Waals surface area contributed by atoms with Crippen LogP contribution >= 0.6 is 17.0 Å². The minimum absolute atomic E-state index is 0.826. The molecule has 2 aliphatic carbocycles. The maximum absolute atomic E-state index is 4.93. The number of hydrogen-bond donors (Lipinski definition) is 0. The fraction of sp³-hybridized carbons (Fsp3) is 0.208. The Balaban J connectivity index is 0.000000565. The summed E-state index contributed by atoms with van der Waals surface area (Å²) in [5.74, 6) is 0. The van der Waals surface area contributed by atoms with Gasteiger partial charge in [0.25, 0.3) is 0 Å². The number of halogens is 2. The number of allylic oxidation sites excluding steroid dienone is 1. The van der Waals surface area contributed by atoms with Crippen molar-refractivity contribution in [3.8, 4) is 11.1 Å². The third kappa shape index (κ3) is 3.72. The van der Waals surface area contributed by atoms with E-state index in [2.05, 4.69) is 68.0 Å². The summed E-state index contributed by atoms with van der Waals surface area (Å²) >= 11 is -0.826. The molecule has 3 aromatic carbocycles. The quantitative estimate of drug-likeness (QED) is 0.367. The summed E-state index contributed by atoms with van der Waals surface area (Å²) in [6.45, 7) is 2.25. The third-order valence-corrected chi connectivity index (χ3v) is 5.52. The summed E-state index contributed by atoms with van der Waals surface area (Å²) < 4.78 is 0. The Bertz CT molecular complexity index is 1010. The van der Waals surface area contributed by atoms with Crippen LogP contribution in [0.25, 0.3) is 28.0 Å². The maximum atomic E-state index is 4.93. The van der Waals surface area contributed by atoms with Gasteiger partial charge in [0, 0.05) is 6.42 Å². The molecule has 0 heterocycles. The van der Waals surface area contributed by atoms with Crippen LogP contribution in [0.1, 0.15) is 42.0 Å². The van der Waals surface area contributed by atoms with Crippen molar-refractivity contribution in [1.82, 2.24) is 0 Å². The van der Waals surface area contributed by atoms with E-state index in [4.69, 9.17) is 17.0 Å². The van der Waals surface area contributed by atoms with Crippen molar-refractivity contribution in [2.45, 2.75) is 32.6 Å². The molecule has 3 aromatic rings. The Morgan fingerprint density at radius 2 is 1.63 bits per heavy atom. The average Bonchev–Trinajstić information content (AvgIpc) is 3.28. The SMILES string of the molecule is CCCC1=Cc2c(cccc2-c2ccc3c4c(cccc24)CC3)[CH]1.[Cl][Zr][Cl]. The van der Waals surface area contributed by atoms with Crippen molar-refractivity contribution in [3.05, 3.63) is 82.8 Å². The van der Waals surface area contributed by atoms with Crippen LogP contribution < -0.4 is 0 Å². The molecule has 0 saturated carbocycles. The molecule has 1 radical (unpaired) electrons. The van der Waals surface area contributed by atoms with Crippen LogP contribution in [-0.2, 0) is 33.7 Å². The molecule has 27 heavy (non-hydrogen) atoms. The second-order valence-corrected chi connectivity index (χ2v) is 10.8. The van der Waals surface area contributed by atoms with Crippen LogP contribution in [0.5, 0.6) is 0 Å². The van der Waals surface area contributed by atoms with Gasteiger partial charge in [-0.2, -0.15) is 0 Å². The van der Waals surface area contributed by atoms with Crippen LogP contribution in [0.4, 0.5) is 0 Å². The van der Waals surface area contributed by atoms with Crippen LogP contribution in [0.3, 0.4) is 0 Å². The van der Waals surface area contributed by atoms with Crippen LogP contribution in [-0.4, -0.2) is 0 Å². The van der Waals surface area contributed by atoms with Crippen molar-refractivity contribution >= 4 is 33.9 Å². The molecule has 0 spiro atoms. The van der Waals surface area contributed by atoms with Gasteiger partial charge in [-0.1, -0.05) is 73.5 Å². The van der Waals surface area contributed by atoms with Crippen molar-refractivity contribution in [2.75, 3.05) is 0 Å². The van der Waals surface area contributed by atoms with Gasteiger partial charge >= 0.3 is 37.9 Å².